The van der Waals surface area contributed by atoms with Crippen molar-refractivity contribution in [2.75, 3.05) is 13.2 Å². The SMILES string of the molecule is CCOCCn1nc(C)c([N+](=O)[O-])c1C(N)=O.O=CO. The van der Waals surface area contributed by atoms with Gasteiger partial charge in [-0.05, 0) is 13.8 Å². The zero-order chi connectivity index (χ0) is 15.7. The number of nitrogens with zero attached hydrogens (tertiary/aromatic N) is 3. The summed E-state index contributed by atoms with van der Waals surface area (Å²) < 4.78 is 6.31. The lowest BCUT2D eigenvalue weighted by molar-refractivity contribution is -0.385. The van der Waals surface area contributed by atoms with E-state index in [4.69, 9.17) is 20.4 Å². The van der Waals surface area contributed by atoms with Crippen LogP contribution in [0.1, 0.15) is 23.1 Å². The van der Waals surface area contributed by atoms with E-state index in [-0.39, 0.29) is 30.1 Å². The number of hydrogen-bond donors (Lipinski definition) is 2. The van der Waals surface area contributed by atoms with Crippen LogP contribution in [0.4, 0.5) is 5.69 Å². The first-order valence-corrected chi connectivity index (χ1v) is 5.57. The summed E-state index contributed by atoms with van der Waals surface area (Å²) in [5, 5.41) is 21.6. The van der Waals surface area contributed by atoms with Gasteiger partial charge in [0.1, 0.15) is 5.69 Å². The highest BCUT2D eigenvalue weighted by Gasteiger charge is 2.28. The highest BCUT2D eigenvalue weighted by Crippen LogP contribution is 2.22. The Bertz CT molecular complexity index is 484. The van der Waals surface area contributed by atoms with Crippen molar-refractivity contribution in [3.8, 4) is 0 Å². The van der Waals surface area contributed by atoms with Crippen LogP contribution in [0.25, 0.3) is 0 Å². The number of aromatic nitrogens is 2. The fraction of sp³-hybridized carbons (Fsp3) is 0.500. The molecular weight excluding hydrogens is 272 g/mol. The Kier molecular flexibility index (Phi) is 7.52. The topological polar surface area (TPSA) is 151 Å². The molecule has 0 aliphatic rings. The zero-order valence-corrected chi connectivity index (χ0v) is 11.1. The summed E-state index contributed by atoms with van der Waals surface area (Å²) in [5.74, 6) is -0.867. The molecule has 1 heterocycles. The Balaban J connectivity index is 0.00000110. The van der Waals surface area contributed by atoms with Gasteiger partial charge in [-0.1, -0.05) is 0 Å². The van der Waals surface area contributed by atoms with E-state index in [0.29, 0.717) is 13.2 Å². The van der Waals surface area contributed by atoms with Gasteiger partial charge in [-0.2, -0.15) is 5.10 Å². The standard InChI is InChI=1S/C9H14N4O4.CH2O2/c1-3-17-5-4-12-8(9(10)14)7(13(15)16)6(2)11-12;2-1-3/h3-5H2,1-2H3,(H2,10,14);1H,(H,2,3). The van der Waals surface area contributed by atoms with E-state index in [1.54, 1.807) is 0 Å². The molecule has 0 aromatic carbocycles. The summed E-state index contributed by atoms with van der Waals surface area (Å²) in [6.07, 6.45) is 0. The number of carboxylic acid groups (broad SMARTS) is 1. The van der Waals surface area contributed by atoms with Crippen molar-refractivity contribution in [3.05, 3.63) is 21.5 Å². The molecule has 0 fully saturated rings. The fourth-order valence-corrected chi connectivity index (χ4v) is 1.49. The first kappa shape index (κ1) is 17.5. The quantitative estimate of drug-likeness (QED) is 0.322. The molecule has 10 heteroatoms. The van der Waals surface area contributed by atoms with Crippen molar-refractivity contribution in [1.82, 2.24) is 9.78 Å². The lowest BCUT2D eigenvalue weighted by Crippen LogP contribution is -2.20. The summed E-state index contributed by atoms with van der Waals surface area (Å²) in [6.45, 7) is 4.12. The predicted octanol–water partition coefficient (Wildman–Crippen LogP) is -0.0641. The van der Waals surface area contributed by atoms with Gasteiger partial charge in [-0.25, -0.2) is 0 Å². The molecule has 20 heavy (non-hydrogen) atoms. The molecule has 0 unspecified atom stereocenters. The minimum atomic E-state index is -0.867. The minimum Gasteiger partial charge on any atom is -0.483 e. The number of primary amides is 1. The molecular formula is C10H16N4O6. The molecule has 3 N–H and O–H groups in total. The van der Waals surface area contributed by atoms with E-state index in [9.17, 15) is 14.9 Å². The number of carbonyl (C=O) groups is 2. The minimum absolute atomic E-state index is 0.167. The molecule has 0 spiro atoms. The number of hydrogen-bond acceptors (Lipinski definition) is 6. The van der Waals surface area contributed by atoms with Crippen molar-refractivity contribution in [2.45, 2.75) is 20.4 Å². The number of ether oxygens (including phenoxy) is 1. The van der Waals surface area contributed by atoms with E-state index in [1.165, 1.54) is 11.6 Å². The maximum atomic E-state index is 11.2. The first-order chi connectivity index (χ1) is 9.40. The van der Waals surface area contributed by atoms with E-state index < -0.39 is 10.8 Å². The van der Waals surface area contributed by atoms with Gasteiger partial charge in [-0.15, -0.1) is 0 Å². The molecule has 0 aliphatic heterocycles. The Labute approximate surface area is 114 Å². The van der Waals surface area contributed by atoms with Gasteiger partial charge in [0.25, 0.3) is 12.4 Å². The molecule has 1 rings (SSSR count). The molecule has 0 saturated carbocycles. The lowest BCUT2D eigenvalue weighted by atomic mass is 10.3. The van der Waals surface area contributed by atoms with E-state index in [1.807, 2.05) is 6.92 Å². The van der Waals surface area contributed by atoms with Gasteiger partial charge in [-0.3, -0.25) is 24.4 Å². The third kappa shape index (κ3) is 4.65. The maximum absolute atomic E-state index is 11.2. The van der Waals surface area contributed by atoms with Crippen molar-refractivity contribution in [2.24, 2.45) is 5.73 Å². The van der Waals surface area contributed by atoms with Gasteiger partial charge in [0, 0.05) is 6.61 Å². The molecule has 1 aromatic heterocycles. The Morgan fingerprint density at radius 1 is 1.65 bits per heavy atom. The van der Waals surface area contributed by atoms with Crippen molar-refractivity contribution >= 4 is 18.1 Å². The summed E-state index contributed by atoms with van der Waals surface area (Å²) in [7, 11) is 0. The molecule has 10 nitrogen and oxygen atoms in total. The van der Waals surface area contributed by atoms with E-state index >= 15 is 0 Å². The molecule has 1 amide bonds. The Hall–Kier alpha value is -2.49. The second-order valence-corrected chi connectivity index (χ2v) is 3.43. The molecule has 1 aromatic rings. The highest BCUT2D eigenvalue weighted by molar-refractivity contribution is 5.95. The summed E-state index contributed by atoms with van der Waals surface area (Å²) >= 11 is 0. The number of nitrogens with two attached hydrogens (primary N) is 1. The van der Waals surface area contributed by atoms with Crippen LogP contribution < -0.4 is 5.73 Å². The van der Waals surface area contributed by atoms with E-state index in [0.717, 1.165) is 0 Å². The number of carbonyl (C=O) groups excluding carboxylic acids is 1. The summed E-state index contributed by atoms with van der Waals surface area (Å²) in [5.41, 5.74) is 4.77. The van der Waals surface area contributed by atoms with Gasteiger partial charge < -0.3 is 15.6 Å². The van der Waals surface area contributed by atoms with Gasteiger partial charge in [0.05, 0.1) is 18.1 Å². The second kappa shape index (κ2) is 8.58. The number of aryl methyl sites for hydroxylation is 1. The van der Waals surface area contributed by atoms with Crippen molar-refractivity contribution in [3.63, 3.8) is 0 Å². The largest absolute Gasteiger partial charge is 0.483 e. The molecule has 0 saturated heterocycles. The van der Waals surface area contributed by atoms with Crippen LogP contribution in [-0.2, 0) is 16.1 Å². The number of nitro groups is 1. The number of amides is 1. The molecule has 112 valence electrons. The Morgan fingerprint density at radius 3 is 2.60 bits per heavy atom. The van der Waals surface area contributed by atoms with Crippen LogP contribution in [0.2, 0.25) is 0 Å². The van der Waals surface area contributed by atoms with Crippen molar-refractivity contribution in [1.29, 1.82) is 0 Å². The second-order valence-electron chi connectivity index (χ2n) is 3.43. The summed E-state index contributed by atoms with van der Waals surface area (Å²) in [4.78, 5) is 29.7. The summed E-state index contributed by atoms with van der Waals surface area (Å²) in [6, 6.07) is 0. The maximum Gasteiger partial charge on any atom is 0.322 e. The van der Waals surface area contributed by atoms with Crippen LogP contribution in [-0.4, -0.2) is 45.4 Å². The molecule has 0 aliphatic carbocycles. The zero-order valence-electron chi connectivity index (χ0n) is 11.1. The van der Waals surface area contributed by atoms with Gasteiger partial charge in [0.2, 0.25) is 5.69 Å². The fourth-order valence-electron chi connectivity index (χ4n) is 1.49. The molecule has 0 atom stereocenters. The van der Waals surface area contributed by atoms with E-state index in [2.05, 4.69) is 5.10 Å². The average Bonchev–Trinajstić information content (AvgIpc) is 2.67. The van der Waals surface area contributed by atoms with Crippen LogP contribution in [0.5, 0.6) is 0 Å². The first-order valence-electron chi connectivity index (χ1n) is 5.57. The highest BCUT2D eigenvalue weighted by atomic mass is 16.6. The van der Waals surface area contributed by atoms with Crippen LogP contribution >= 0.6 is 0 Å². The van der Waals surface area contributed by atoms with Gasteiger partial charge >= 0.3 is 5.69 Å². The molecule has 0 bridgehead atoms. The lowest BCUT2D eigenvalue weighted by Gasteiger charge is -2.03. The van der Waals surface area contributed by atoms with Crippen LogP contribution in [0.3, 0.4) is 0 Å². The normalized spacial score (nSPS) is 9.50. The molecule has 0 radical (unpaired) electrons. The van der Waals surface area contributed by atoms with Crippen molar-refractivity contribution < 1.29 is 24.4 Å². The number of rotatable bonds is 6. The monoisotopic (exact) mass is 288 g/mol. The average molecular weight is 288 g/mol. The third-order valence-corrected chi connectivity index (χ3v) is 2.16. The van der Waals surface area contributed by atoms with Gasteiger partial charge in [0.15, 0.2) is 0 Å². The van der Waals surface area contributed by atoms with Crippen LogP contribution in [0.15, 0.2) is 0 Å². The Morgan fingerprint density at radius 2 is 2.20 bits per heavy atom. The smallest absolute Gasteiger partial charge is 0.322 e. The third-order valence-electron chi connectivity index (χ3n) is 2.16. The predicted molar refractivity (Wildman–Crippen MR) is 67.3 cm³/mol. The van der Waals surface area contributed by atoms with Crippen LogP contribution in [0, 0.1) is 17.0 Å².